The Kier molecular flexibility index (Phi) is 3.31. The van der Waals surface area contributed by atoms with Gasteiger partial charge in [-0.05, 0) is 30.2 Å². The lowest BCUT2D eigenvalue weighted by Gasteiger charge is -2.07. The fraction of sp³-hybridized carbons (Fsp3) is 0.111. The number of nitrogens with zero attached hydrogens (tertiary/aromatic N) is 3. The summed E-state index contributed by atoms with van der Waals surface area (Å²) in [4.78, 5) is 0. The predicted molar refractivity (Wildman–Crippen MR) is 91.2 cm³/mol. The molecule has 0 bridgehead atoms. The zero-order valence-corrected chi connectivity index (χ0v) is 13.0. The molecule has 0 unspecified atom stereocenters. The van der Waals surface area contributed by atoms with Crippen molar-refractivity contribution in [3.63, 3.8) is 0 Å². The standard InChI is InChI=1S/C18H15N3S/c1-13-11-17-19-20-18(22-12-14-7-3-2-4-8-14)21(17)16-10-6-5-9-15(13)16/h2-11H,12H2,1H3. The van der Waals surface area contributed by atoms with Crippen molar-refractivity contribution in [1.29, 1.82) is 0 Å². The Morgan fingerprint density at radius 3 is 2.59 bits per heavy atom. The van der Waals surface area contributed by atoms with Gasteiger partial charge in [-0.2, -0.15) is 0 Å². The summed E-state index contributed by atoms with van der Waals surface area (Å²) < 4.78 is 2.15. The van der Waals surface area contributed by atoms with Gasteiger partial charge in [-0.15, -0.1) is 10.2 Å². The van der Waals surface area contributed by atoms with E-state index in [9.17, 15) is 0 Å². The number of para-hydroxylation sites is 1. The van der Waals surface area contributed by atoms with Gasteiger partial charge in [0, 0.05) is 11.1 Å². The maximum absolute atomic E-state index is 4.38. The first-order valence-corrected chi connectivity index (χ1v) is 8.22. The molecular weight excluding hydrogens is 290 g/mol. The molecule has 0 saturated heterocycles. The van der Waals surface area contributed by atoms with E-state index in [4.69, 9.17) is 0 Å². The van der Waals surface area contributed by atoms with E-state index >= 15 is 0 Å². The van der Waals surface area contributed by atoms with E-state index in [0.717, 1.165) is 22.1 Å². The van der Waals surface area contributed by atoms with Gasteiger partial charge in [0.2, 0.25) is 0 Å². The molecule has 22 heavy (non-hydrogen) atoms. The molecule has 0 aliphatic carbocycles. The minimum atomic E-state index is 0.893. The van der Waals surface area contributed by atoms with E-state index in [0.29, 0.717) is 0 Å². The van der Waals surface area contributed by atoms with Crippen LogP contribution in [0.4, 0.5) is 0 Å². The Labute approximate surface area is 133 Å². The van der Waals surface area contributed by atoms with Gasteiger partial charge in [-0.3, -0.25) is 4.40 Å². The summed E-state index contributed by atoms with van der Waals surface area (Å²) in [5.74, 6) is 0.893. The molecule has 0 atom stereocenters. The predicted octanol–water partition coefficient (Wildman–Crippen LogP) is 4.48. The molecule has 4 heteroatoms. The van der Waals surface area contributed by atoms with Gasteiger partial charge >= 0.3 is 0 Å². The summed E-state index contributed by atoms with van der Waals surface area (Å²) in [5, 5.41) is 10.9. The number of thioether (sulfide) groups is 1. The van der Waals surface area contributed by atoms with Crippen molar-refractivity contribution in [1.82, 2.24) is 14.6 Å². The largest absolute Gasteiger partial charge is 0.270 e. The third-order valence-electron chi connectivity index (χ3n) is 3.78. The monoisotopic (exact) mass is 305 g/mol. The molecule has 0 aliphatic heterocycles. The molecule has 0 spiro atoms. The van der Waals surface area contributed by atoms with Crippen LogP contribution in [0.15, 0.2) is 65.8 Å². The van der Waals surface area contributed by atoms with Gasteiger partial charge in [-0.25, -0.2) is 0 Å². The topological polar surface area (TPSA) is 30.2 Å². The minimum absolute atomic E-state index is 0.893. The molecular formula is C18H15N3S. The second kappa shape index (κ2) is 5.46. The van der Waals surface area contributed by atoms with Crippen LogP contribution in [0, 0.1) is 6.92 Å². The van der Waals surface area contributed by atoms with E-state index in [2.05, 4.69) is 76.1 Å². The summed E-state index contributed by atoms with van der Waals surface area (Å²) in [7, 11) is 0. The number of hydrogen-bond donors (Lipinski definition) is 0. The first-order valence-electron chi connectivity index (χ1n) is 7.23. The van der Waals surface area contributed by atoms with Crippen LogP contribution in [0.25, 0.3) is 16.6 Å². The van der Waals surface area contributed by atoms with E-state index in [1.807, 2.05) is 6.07 Å². The highest BCUT2D eigenvalue weighted by Gasteiger charge is 2.11. The first-order chi connectivity index (χ1) is 10.8. The molecule has 0 amide bonds. The molecule has 108 valence electrons. The van der Waals surface area contributed by atoms with Crippen molar-refractivity contribution in [2.75, 3.05) is 0 Å². The maximum Gasteiger partial charge on any atom is 0.196 e. The number of pyridine rings is 1. The van der Waals surface area contributed by atoms with E-state index in [-0.39, 0.29) is 0 Å². The van der Waals surface area contributed by atoms with Gasteiger partial charge in [-0.1, -0.05) is 60.3 Å². The van der Waals surface area contributed by atoms with Crippen LogP contribution in [0.5, 0.6) is 0 Å². The molecule has 4 rings (SSSR count). The van der Waals surface area contributed by atoms with Crippen LogP contribution in [-0.4, -0.2) is 14.6 Å². The third-order valence-corrected chi connectivity index (χ3v) is 4.78. The Balaban J connectivity index is 1.80. The van der Waals surface area contributed by atoms with Gasteiger partial charge in [0.1, 0.15) is 0 Å². The van der Waals surface area contributed by atoms with Gasteiger partial charge < -0.3 is 0 Å². The zero-order chi connectivity index (χ0) is 14.9. The van der Waals surface area contributed by atoms with Crippen LogP contribution in [0.2, 0.25) is 0 Å². The first kappa shape index (κ1) is 13.3. The lowest BCUT2D eigenvalue weighted by Crippen LogP contribution is -1.93. The van der Waals surface area contributed by atoms with E-state index in [1.165, 1.54) is 16.5 Å². The van der Waals surface area contributed by atoms with Crippen molar-refractivity contribution < 1.29 is 0 Å². The van der Waals surface area contributed by atoms with Crippen LogP contribution in [0.3, 0.4) is 0 Å². The molecule has 4 aromatic rings. The van der Waals surface area contributed by atoms with Crippen molar-refractivity contribution in [2.24, 2.45) is 0 Å². The highest BCUT2D eigenvalue weighted by atomic mass is 32.2. The number of aromatic nitrogens is 3. The Hall–Kier alpha value is -2.33. The fourth-order valence-corrected chi connectivity index (χ4v) is 3.60. The Morgan fingerprint density at radius 2 is 1.73 bits per heavy atom. The van der Waals surface area contributed by atoms with Crippen molar-refractivity contribution >= 4 is 28.3 Å². The normalized spacial score (nSPS) is 11.3. The quantitative estimate of drug-likeness (QED) is 0.523. The van der Waals surface area contributed by atoms with Gasteiger partial charge in [0.05, 0.1) is 5.52 Å². The second-order valence-electron chi connectivity index (χ2n) is 5.29. The SMILES string of the molecule is Cc1cc2nnc(SCc3ccccc3)n2c2ccccc12. The van der Waals surface area contributed by atoms with Gasteiger partial charge in [0.25, 0.3) is 0 Å². The smallest absolute Gasteiger partial charge is 0.196 e. The average molecular weight is 305 g/mol. The fourth-order valence-electron chi connectivity index (χ4n) is 2.69. The number of hydrogen-bond acceptors (Lipinski definition) is 3. The minimum Gasteiger partial charge on any atom is -0.270 e. The second-order valence-corrected chi connectivity index (χ2v) is 6.24. The molecule has 0 aliphatic rings. The van der Waals surface area contributed by atoms with Crippen LogP contribution < -0.4 is 0 Å². The molecule has 2 aromatic heterocycles. The van der Waals surface area contributed by atoms with Crippen molar-refractivity contribution in [3.05, 3.63) is 71.8 Å². The summed E-state index contributed by atoms with van der Waals surface area (Å²) >= 11 is 1.72. The summed E-state index contributed by atoms with van der Waals surface area (Å²) in [5.41, 5.74) is 4.60. The molecule has 0 saturated carbocycles. The zero-order valence-electron chi connectivity index (χ0n) is 12.2. The summed E-state index contributed by atoms with van der Waals surface area (Å²) in [6, 6.07) is 21.0. The van der Waals surface area contributed by atoms with Crippen LogP contribution in [-0.2, 0) is 5.75 Å². The van der Waals surface area contributed by atoms with E-state index < -0.39 is 0 Å². The number of aryl methyl sites for hydroxylation is 1. The number of fused-ring (bicyclic) bond motifs is 3. The van der Waals surface area contributed by atoms with Gasteiger partial charge in [0.15, 0.2) is 10.8 Å². The molecule has 0 radical (unpaired) electrons. The van der Waals surface area contributed by atoms with E-state index in [1.54, 1.807) is 11.8 Å². The highest BCUT2D eigenvalue weighted by Crippen LogP contribution is 2.27. The Bertz CT molecular complexity index is 945. The number of benzene rings is 2. The highest BCUT2D eigenvalue weighted by molar-refractivity contribution is 7.98. The summed E-state index contributed by atoms with van der Waals surface area (Å²) in [6.45, 7) is 2.12. The van der Waals surface area contributed by atoms with Crippen molar-refractivity contribution in [2.45, 2.75) is 17.8 Å². The lowest BCUT2D eigenvalue weighted by atomic mass is 10.1. The third kappa shape index (κ3) is 2.25. The van der Waals surface area contributed by atoms with Crippen LogP contribution >= 0.6 is 11.8 Å². The lowest BCUT2D eigenvalue weighted by molar-refractivity contribution is 0.939. The molecule has 0 fully saturated rings. The average Bonchev–Trinajstić information content (AvgIpc) is 2.97. The molecule has 3 nitrogen and oxygen atoms in total. The molecule has 0 N–H and O–H groups in total. The molecule has 2 heterocycles. The molecule has 2 aromatic carbocycles. The maximum atomic E-state index is 4.38. The summed E-state index contributed by atoms with van der Waals surface area (Å²) in [6.07, 6.45) is 0. The van der Waals surface area contributed by atoms with Crippen molar-refractivity contribution in [3.8, 4) is 0 Å². The Morgan fingerprint density at radius 1 is 0.955 bits per heavy atom. The number of rotatable bonds is 3. The van der Waals surface area contributed by atoms with Crippen LogP contribution in [0.1, 0.15) is 11.1 Å².